The summed E-state index contributed by atoms with van der Waals surface area (Å²) in [5, 5.41) is 0. The van der Waals surface area contributed by atoms with Crippen molar-refractivity contribution in [2.24, 2.45) is 0 Å². The Bertz CT molecular complexity index is 515. The molecule has 1 amide bonds. The largest absolute Gasteiger partial charge is 0.489 e. The van der Waals surface area contributed by atoms with Crippen molar-refractivity contribution in [2.45, 2.75) is 6.42 Å². The van der Waals surface area contributed by atoms with Crippen molar-refractivity contribution in [3.05, 3.63) is 17.7 Å². The van der Waals surface area contributed by atoms with Crippen molar-refractivity contribution in [1.82, 2.24) is 4.90 Å². The van der Waals surface area contributed by atoms with Crippen LogP contribution in [0.15, 0.2) is 12.1 Å². The quantitative estimate of drug-likeness (QED) is 0.797. The van der Waals surface area contributed by atoms with Crippen LogP contribution >= 0.6 is 11.8 Å². The number of amides is 1. The summed E-state index contributed by atoms with van der Waals surface area (Å²) in [6, 6.07) is 3.42. The Morgan fingerprint density at radius 2 is 1.95 bits per heavy atom. The minimum absolute atomic E-state index is 0.0145. The minimum atomic E-state index is -0.0145. The highest BCUT2D eigenvalue weighted by atomic mass is 32.2. The number of carbonyl (C=O) groups excluding carboxylic acids is 1. The van der Waals surface area contributed by atoms with Crippen LogP contribution in [0.3, 0.4) is 0 Å². The van der Waals surface area contributed by atoms with Gasteiger partial charge in [-0.05, 0) is 6.07 Å². The van der Waals surface area contributed by atoms with Gasteiger partial charge in [0, 0.05) is 42.8 Å². The van der Waals surface area contributed by atoms with E-state index in [9.17, 15) is 4.79 Å². The Kier molecular flexibility index (Phi) is 3.91. The van der Waals surface area contributed by atoms with Gasteiger partial charge in [-0.15, -0.1) is 0 Å². The van der Waals surface area contributed by atoms with Crippen molar-refractivity contribution in [3.63, 3.8) is 0 Å². The molecular weight excluding hydrogens is 276 g/mol. The standard InChI is InChI=1S/C14H18N2O3S/c15-10-8-11(14(17)16-2-6-20-7-3-16)13-12(9-10)18-4-1-5-19-13/h8-9H,1-7,15H2. The summed E-state index contributed by atoms with van der Waals surface area (Å²) in [5.74, 6) is 3.07. The lowest BCUT2D eigenvalue weighted by atomic mass is 10.1. The van der Waals surface area contributed by atoms with E-state index in [0.29, 0.717) is 36.0 Å². The molecule has 3 rings (SSSR count). The van der Waals surface area contributed by atoms with E-state index in [4.69, 9.17) is 15.2 Å². The molecule has 0 aliphatic carbocycles. The molecule has 0 atom stereocenters. The van der Waals surface area contributed by atoms with E-state index in [-0.39, 0.29) is 5.91 Å². The van der Waals surface area contributed by atoms with E-state index in [2.05, 4.69) is 0 Å². The zero-order valence-corrected chi connectivity index (χ0v) is 12.1. The third-order valence-electron chi connectivity index (χ3n) is 3.40. The maximum absolute atomic E-state index is 12.7. The van der Waals surface area contributed by atoms with Gasteiger partial charge in [-0.1, -0.05) is 0 Å². The molecule has 0 radical (unpaired) electrons. The molecular formula is C14H18N2O3S. The molecule has 1 aromatic rings. The van der Waals surface area contributed by atoms with Gasteiger partial charge in [-0.25, -0.2) is 0 Å². The Morgan fingerprint density at radius 1 is 1.20 bits per heavy atom. The highest BCUT2D eigenvalue weighted by molar-refractivity contribution is 7.99. The summed E-state index contributed by atoms with van der Waals surface area (Å²) in [6.07, 6.45) is 0.808. The molecule has 0 aromatic heterocycles. The topological polar surface area (TPSA) is 64.8 Å². The van der Waals surface area contributed by atoms with Crippen LogP contribution in [-0.4, -0.2) is 48.6 Å². The first kappa shape index (κ1) is 13.4. The lowest BCUT2D eigenvalue weighted by Crippen LogP contribution is -2.38. The maximum Gasteiger partial charge on any atom is 0.257 e. The number of rotatable bonds is 1. The van der Waals surface area contributed by atoms with Crippen LogP contribution in [0.2, 0.25) is 0 Å². The number of ether oxygens (including phenoxy) is 2. The van der Waals surface area contributed by atoms with Crippen LogP contribution in [0.1, 0.15) is 16.8 Å². The van der Waals surface area contributed by atoms with Gasteiger partial charge in [0.05, 0.1) is 18.8 Å². The number of hydrogen-bond donors (Lipinski definition) is 1. The van der Waals surface area contributed by atoms with E-state index in [1.807, 2.05) is 16.7 Å². The first-order chi connectivity index (χ1) is 9.75. The van der Waals surface area contributed by atoms with Crippen molar-refractivity contribution in [1.29, 1.82) is 0 Å². The van der Waals surface area contributed by atoms with Gasteiger partial charge in [0.25, 0.3) is 5.91 Å². The second kappa shape index (κ2) is 5.83. The van der Waals surface area contributed by atoms with Gasteiger partial charge < -0.3 is 20.1 Å². The van der Waals surface area contributed by atoms with E-state index in [1.54, 1.807) is 12.1 Å². The zero-order chi connectivity index (χ0) is 13.9. The molecule has 2 N–H and O–H groups in total. The second-order valence-electron chi connectivity index (χ2n) is 4.85. The first-order valence-electron chi connectivity index (χ1n) is 6.82. The average Bonchev–Trinajstić information content (AvgIpc) is 2.71. The Balaban J connectivity index is 1.95. The molecule has 6 heteroatoms. The van der Waals surface area contributed by atoms with Crippen molar-refractivity contribution in [3.8, 4) is 11.5 Å². The Morgan fingerprint density at radius 3 is 2.75 bits per heavy atom. The minimum Gasteiger partial charge on any atom is -0.489 e. The first-order valence-corrected chi connectivity index (χ1v) is 7.97. The molecule has 2 aliphatic rings. The van der Waals surface area contributed by atoms with Crippen molar-refractivity contribution < 1.29 is 14.3 Å². The third kappa shape index (κ3) is 2.65. The molecule has 1 saturated heterocycles. The number of nitrogens with zero attached hydrogens (tertiary/aromatic N) is 1. The monoisotopic (exact) mass is 294 g/mol. The van der Waals surface area contributed by atoms with E-state index >= 15 is 0 Å². The van der Waals surface area contributed by atoms with Gasteiger partial charge in [0.2, 0.25) is 0 Å². The van der Waals surface area contributed by atoms with Crippen LogP contribution in [-0.2, 0) is 0 Å². The number of hydrogen-bond acceptors (Lipinski definition) is 5. The molecule has 0 unspecified atom stereocenters. The summed E-state index contributed by atoms with van der Waals surface area (Å²) in [7, 11) is 0. The van der Waals surface area contributed by atoms with E-state index < -0.39 is 0 Å². The Labute approximate surface area is 122 Å². The summed E-state index contributed by atoms with van der Waals surface area (Å²) in [6.45, 7) is 2.69. The molecule has 0 bridgehead atoms. The fourth-order valence-electron chi connectivity index (χ4n) is 2.39. The highest BCUT2D eigenvalue weighted by Crippen LogP contribution is 2.36. The maximum atomic E-state index is 12.7. The molecule has 0 spiro atoms. The van der Waals surface area contributed by atoms with Crippen LogP contribution in [0, 0.1) is 0 Å². The van der Waals surface area contributed by atoms with Crippen LogP contribution < -0.4 is 15.2 Å². The van der Waals surface area contributed by atoms with Crippen LogP contribution in [0.5, 0.6) is 11.5 Å². The molecule has 1 fully saturated rings. The van der Waals surface area contributed by atoms with E-state index in [1.165, 1.54) is 0 Å². The number of thioether (sulfide) groups is 1. The predicted molar refractivity (Wildman–Crippen MR) is 79.7 cm³/mol. The second-order valence-corrected chi connectivity index (χ2v) is 6.08. The lowest BCUT2D eigenvalue weighted by molar-refractivity contribution is 0.0768. The number of benzene rings is 1. The molecule has 2 aliphatic heterocycles. The highest BCUT2D eigenvalue weighted by Gasteiger charge is 2.25. The Hall–Kier alpha value is -1.56. The summed E-state index contributed by atoms with van der Waals surface area (Å²) in [4.78, 5) is 14.5. The number of fused-ring (bicyclic) bond motifs is 1. The molecule has 108 valence electrons. The number of nitrogens with two attached hydrogens (primary N) is 1. The molecule has 2 heterocycles. The van der Waals surface area contributed by atoms with Crippen molar-refractivity contribution >= 4 is 23.4 Å². The van der Waals surface area contributed by atoms with Gasteiger partial charge in [0.15, 0.2) is 11.5 Å². The van der Waals surface area contributed by atoms with Crippen molar-refractivity contribution in [2.75, 3.05) is 43.5 Å². The normalized spacial score (nSPS) is 18.5. The summed E-state index contributed by atoms with van der Waals surface area (Å²) >= 11 is 1.87. The summed E-state index contributed by atoms with van der Waals surface area (Å²) in [5.41, 5.74) is 6.94. The SMILES string of the molecule is Nc1cc2c(c(C(=O)N3CCSCC3)c1)OCCCO2. The number of anilines is 1. The molecule has 5 nitrogen and oxygen atoms in total. The predicted octanol–water partition coefficient (Wildman–Crippen LogP) is 1.62. The van der Waals surface area contributed by atoms with Gasteiger partial charge >= 0.3 is 0 Å². The molecule has 1 aromatic carbocycles. The fraction of sp³-hybridized carbons (Fsp3) is 0.500. The fourth-order valence-corrected chi connectivity index (χ4v) is 3.29. The third-order valence-corrected chi connectivity index (χ3v) is 4.34. The number of nitrogen functional groups attached to an aromatic ring is 1. The summed E-state index contributed by atoms with van der Waals surface area (Å²) < 4.78 is 11.3. The smallest absolute Gasteiger partial charge is 0.257 e. The van der Waals surface area contributed by atoms with Crippen LogP contribution in [0.4, 0.5) is 5.69 Å². The number of carbonyl (C=O) groups is 1. The van der Waals surface area contributed by atoms with Crippen LogP contribution in [0.25, 0.3) is 0 Å². The van der Waals surface area contributed by atoms with Gasteiger partial charge in [0.1, 0.15) is 0 Å². The van der Waals surface area contributed by atoms with Gasteiger partial charge in [-0.3, -0.25) is 4.79 Å². The molecule has 20 heavy (non-hydrogen) atoms. The zero-order valence-electron chi connectivity index (χ0n) is 11.3. The van der Waals surface area contributed by atoms with Gasteiger partial charge in [-0.2, -0.15) is 11.8 Å². The lowest BCUT2D eigenvalue weighted by Gasteiger charge is -2.27. The molecule has 0 saturated carbocycles. The van der Waals surface area contributed by atoms with E-state index in [0.717, 1.165) is 31.0 Å². The average molecular weight is 294 g/mol.